The number of carboxylic acid groups (broad SMARTS) is 2. The number of carbonyl (C=O) groups excluding carboxylic acids is 4. The zero-order chi connectivity index (χ0) is 23.4. The summed E-state index contributed by atoms with van der Waals surface area (Å²) in [4.78, 5) is 69.0. The summed E-state index contributed by atoms with van der Waals surface area (Å²) in [5, 5.41) is 24.6. The molecule has 0 fully saturated rings. The normalized spacial score (nSPS) is 13.6. The maximum absolute atomic E-state index is 12.3. The molecule has 0 aliphatic carbocycles. The van der Waals surface area contributed by atoms with Crippen molar-refractivity contribution >= 4 is 35.6 Å². The highest BCUT2D eigenvalue weighted by Crippen LogP contribution is 2.03. The van der Waals surface area contributed by atoms with Crippen molar-refractivity contribution in [3.63, 3.8) is 0 Å². The fraction of sp³-hybridized carbons (Fsp3) is 0.647. The van der Waals surface area contributed by atoms with Gasteiger partial charge in [-0.1, -0.05) is 13.8 Å². The Morgan fingerprint density at radius 3 is 1.97 bits per heavy atom. The van der Waals surface area contributed by atoms with E-state index in [1.54, 1.807) is 13.8 Å². The number of hydrogen-bond donors (Lipinski definition) is 7. The van der Waals surface area contributed by atoms with Gasteiger partial charge in [0.05, 0.1) is 12.6 Å². The highest BCUT2D eigenvalue weighted by atomic mass is 16.4. The van der Waals surface area contributed by atoms with Crippen LogP contribution in [-0.4, -0.2) is 70.5 Å². The Labute approximate surface area is 172 Å². The van der Waals surface area contributed by atoms with Gasteiger partial charge in [0.2, 0.25) is 23.6 Å². The van der Waals surface area contributed by atoms with Crippen molar-refractivity contribution < 1.29 is 39.0 Å². The van der Waals surface area contributed by atoms with Crippen LogP contribution in [0.4, 0.5) is 0 Å². The molecule has 0 spiro atoms. The molecule has 0 radical (unpaired) electrons. The summed E-state index contributed by atoms with van der Waals surface area (Å²) in [5.74, 6) is -5.92. The lowest BCUT2D eigenvalue weighted by Crippen LogP contribution is -2.54. The van der Waals surface area contributed by atoms with E-state index in [9.17, 15) is 28.8 Å². The van der Waals surface area contributed by atoms with Gasteiger partial charge in [0.25, 0.3) is 0 Å². The Morgan fingerprint density at radius 1 is 0.900 bits per heavy atom. The van der Waals surface area contributed by atoms with Crippen molar-refractivity contribution in [2.45, 2.75) is 57.7 Å². The second-order valence-corrected chi connectivity index (χ2v) is 6.95. The Balaban J connectivity index is 4.91. The third-order valence-electron chi connectivity index (χ3n) is 3.99. The van der Waals surface area contributed by atoms with Crippen LogP contribution < -0.4 is 27.4 Å². The van der Waals surface area contributed by atoms with Crippen LogP contribution in [0.3, 0.4) is 0 Å². The molecule has 3 atom stereocenters. The van der Waals surface area contributed by atoms with Crippen molar-refractivity contribution in [2.24, 2.45) is 17.4 Å². The van der Waals surface area contributed by atoms with E-state index in [4.69, 9.17) is 21.7 Å². The van der Waals surface area contributed by atoms with Gasteiger partial charge in [0, 0.05) is 12.8 Å². The van der Waals surface area contributed by atoms with Gasteiger partial charge in [-0.2, -0.15) is 0 Å². The summed E-state index contributed by atoms with van der Waals surface area (Å²) >= 11 is 0. The Kier molecular flexibility index (Phi) is 11.7. The van der Waals surface area contributed by atoms with Crippen LogP contribution in [0.2, 0.25) is 0 Å². The summed E-state index contributed by atoms with van der Waals surface area (Å²) in [6.07, 6.45) is -0.944. The lowest BCUT2D eigenvalue weighted by atomic mass is 10.0. The molecule has 0 rings (SSSR count). The van der Waals surface area contributed by atoms with Gasteiger partial charge in [-0.25, -0.2) is 4.79 Å². The summed E-state index contributed by atoms with van der Waals surface area (Å²) in [6, 6.07) is -3.61. The van der Waals surface area contributed by atoms with Crippen LogP contribution in [0.25, 0.3) is 0 Å². The summed E-state index contributed by atoms with van der Waals surface area (Å²) in [7, 11) is 0. The summed E-state index contributed by atoms with van der Waals surface area (Å²) in [5.41, 5.74) is 10.6. The van der Waals surface area contributed by atoms with E-state index in [1.165, 1.54) is 0 Å². The monoisotopic (exact) mass is 431 g/mol. The fourth-order valence-corrected chi connectivity index (χ4v) is 2.27. The molecule has 0 aliphatic heterocycles. The number of primary amides is 1. The van der Waals surface area contributed by atoms with Crippen LogP contribution in [-0.2, 0) is 28.8 Å². The molecule has 0 bridgehead atoms. The quantitative estimate of drug-likeness (QED) is 0.151. The second-order valence-electron chi connectivity index (χ2n) is 6.95. The molecule has 4 amide bonds. The van der Waals surface area contributed by atoms with Gasteiger partial charge in [-0.05, 0) is 18.8 Å². The van der Waals surface area contributed by atoms with E-state index < -0.39 is 72.6 Å². The molecule has 0 aromatic rings. The molecule has 13 nitrogen and oxygen atoms in total. The maximum Gasteiger partial charge on any atom is 0.326 e. The average Bonchev–Trinajstić information content (AvgIpc) is 2.64. The molecule has 0 aromatic carbocycles. The van der Waals surface area contributed by atoms with Crippen LogP contribution in [0.15, 0.2) is 0 Å². The second kappa shape index (κ2) is 13.1. The molecule has 0 saturated carbocycles. The number of aliphatic carboxylic acids is 2. The molecule has 0 aliphatic rings. The van der Waals surface area contributed by atoms with E-state index in [0.717, 1.165) is 0 Å². The van der Waals surface area contributed by atoms with E-state index in [-0.39, 0.29) is 19.3 Å². The summed E-state index contributed by atoms with van der Waals surface area (Å²) in [6.45, 7) is 2.61. The number of nitrogens with one attached hydrogen (secondary N) is 3. The Morgan fingerprint density at radius 2 is 1.50 bits per heavy atom. The van der Waals surface area contributed by atoms with E-state index in [0.29, 0.717) is 0 Å². The number of carbonyl (C=O) groups is 6. The minimum absolute atomic E-state index is 0.0668. The minimum Gasteiger partial charge on any atom is -0.481 e. The van der Waals surface area contributed by atoms with Crippen molar-refractivity contribution in [3.8, 4) is 0 Å². The molecule has 9 N–H and O–H groups in total. The van der Waals surface area contributed by atoms with Crippen molar-refractivity contribution in [1.29, 1.82) is 0 Å². The van der Waals surface area contributed by atoms with E-state index in [2.05, 4.69) is 16.0 Å². The lowest BCUT2D eigenvalue weighted by Gasteiger charge is -2.21. The number of nitrogens with two attached hydrogens (primary N) is 2. The van der Waals surface area contributed by atoms with Crippen molar-refractivity contribution in [3.05, 3.63) is 0 Å². The average molecular weight is 431 g/mol. The van der Waals surface area contributed by atoms with Gasteiger partial charge >= 0.3 is 11.9 Å². The van der Waals surface area contributed by atoms with E-state index >= 15 is 0 Å². The topological polar surface area (TPSA) is 231 Å². The molecule has 0 heterocycles. The zero-order valence-electron chi connectivity index (χ0n) is 16.8. The highest BCUT2D eigenvalue weighted by Gasteiger charge is 2.26. The van der Waals surface area contributed by atoms with Gasteiger partial charge < -0.3 is 37.6 Å². The first-order valence-electron chi connectivity index (χ1n) is 9.21. The lowest BCUT2D eigenvalue weighted by molar-refractivity contribution is -0.143. The van der Waals surface area contributed by atoms with Crippen LogP contribution >= 0.6 is 0 Å². The molecular formula is C17H29N5O8. The molecule has 3 unspecified atom stereocenters. The molecule has 170 valence electrons. The van der Waals surface area contributed by atoms with E-state index in [1.807, 2.05) is 0 Å². The largest absolute Gasteiger partial charge is 0.481 e. The smallest absolute Gasteiger partial charge is 0.326 e. The maximum atomic E-state index is 12.3. The molecular weight excluding hydrogens is 402 g/mol. The highest BCUT2D eigenvalue weighted by molar-refractivity contribution is 5.93. The van der Waals surface area contributed by atoms with Gasteiger partial charge in [-0.3, -0.25) is 24.0 Å². The first-order chi connectivity index (χ1) is 13.8. The van der Waals surface area contributed by atoms with Gasteiger partial charge in [-0.15, -0.1) is 0 Å². The first-order valence-corrected chi connectivity index (χ1v) is 9.21. The summed E-state index contributed by atoms with van der Waals surface area (Å²) < 4.78 is 0. The molecule has 30 heavy (non-hydrogen) atoms. The number of hydrogen-bond acceptors (Lipinski definition) is 7. The third kappa shape index (κ3) is 10.9. The fourth-order valence-electron chi connectivity index (χ4n) is 2.27. The van der Waals surface area contributed by atoms with Crippen molar-refractivity contribution in [1.82, 2.24) is 16.0 Å². The number of amides is 4. The SMILES string of the molecule is CC(C)C(NC(=O)CNC(=O)C(CCC(=O)O)NC(=O)C(N)CCC(N)=O)C(=O)O. The Bertz CT molecular complexity index is 667. The third-order valence-corrected chi connectivity index (χ3v) is 3.99. The number of carboxylic acids is 2. The van der Waals surface area contributed by atoms with Crippen LogP contribution in [0.1, 0.15) is 39.5 Å². The Hall–Kier alpha value is -3.22. The van der Waals surface area contributed by atoms with Gasteiger partial charge in [0.15, 0.2) is 0 Å². The number of rotatable bonds is 14. The van der Waals surface area contributed by atoms with Crippen molar-refractivity contribution in [2.75, 3.05) is 6.54 Å². The van der Waals surface area contributed by atoms with Crippen LogP contribution in [0, 0.1) is 5.92 Å². The first kappa shape index (κ1) is 26.8. The predicted molar refractivity (Wildman–Crippen MR) is 103 cm³/mol. The van der Waals surface area contributed by atoms with Gasteiger partial charge in [0.1, 0.15) is 12.1 Å². The molecule has 13 heteroatoms. The minimum atomic E-state index is -1.30. The standard InChI is InChI=1S/C17H29N5O8/c1-8(2)14(17(29)30)22-12(24)7-20-16(28)10(4-6-13(25)26)21-15(27)9(18)3-5-11(19)23/h8-10,14H,3-7,18H2,1-2H3,(H2,19,23)(H,20,28)(H,21,27)(H,22,24)(H,25,26)(H,29,30). The van der Waals surface area contributed by atoms with Crippen LogP contribution in [0.5, 0.6) is 0 Å². The zero-order valence-corrected chi connectivity index (χ0v) is 16.8. The molecule has 0 saturated heterocycles. The molecule has 0 aromatic heterocycles. The predicted octanol–water partition coefficient (Wildman–Crippen LogP) is -2.73.